The Hall–Kier alpha value is -0.480. The molecule has 0 unspecified atom stereocenters. The molecule has 0 bridgehead atoms. The van der Waals surface area contributed by atoms with Crippen molar-refractivity contribution in [1.82, 2.24) is 0 Å². The number of unbranched alkanes of at least 4 members (excludes halogenated alkanes) is 1. The average Bonchev–Trinajstić information content (AvgIpc) is 2.52. The maximum Gasteiger partial charge on any atom is 0.0572 e. The third kappa shape index (κ3) is 5.13. The maximum atomic E-state index is 5.43. The van der Waals surface area contributed by atoms with Crippen molar-refractivity contribution in [1.29, 1.82) is 0 Å². The van der Waals surface area contributed by atoms with Crippen molar-refractivity contribution in [2.45, 2.75) is 83.7 Å². The van der Waals surface area contributed by atoms with Crippen molar-refractivity contribution in [3.8, 4) is 11.8 Å². The molecule has 0 N–H and O–H groups in total. The van der Waals surface area contributed by atoms with Gasteiger partial charge in [0.25, 0.3) is 0 Å². The predicted molar refractivity (Wildman–Crippen MR) is 85.5 cm³/mol. The molecule has 2 fully saturated rings. The molecule has 0 atom stereocenters. The zero-order valence-corrected chi connectivity index (χ0v) is 13.5. The number of hydrogen-bond acceptors (Lipinski definition) is 1. The Morgan fingerprint density at radius 2 is 1.40 bits per heavy atom. The van der Waals surface area contributed by atoms with Gasteiger partial charge in [-0.1, -0.05) is 38.0 Å². The Bertz CT molecular complexity index is 308. The van der Waals surface area contributed by atoms with Gasteiger partial charge in [-0.05, 0) is 57.3 Å². The molecule has 114 valence electrons. The molecule has 1 nitrogen and oxygen atoms in total. The summed E-state index contributed by atoms with van der Waals surface area (Å²) in [6.07, 6.45) is 15.2. The molecule has 0 saturated heterocycles. The van der Waals surface area contributed by atoms with Crippen LogP contribution in [0.2, 0.25) is 0 Å². The fourth-order valence-corrected chi connectivity index (χ4v) is 3.77. The molecular weight excluding hydrogens is 244 g/mol. The molecule has 2 aliphatic carbocycles. The van der Waals surface area contributed by atoms with Gasteiger partial charge >= 0.3 is 0 Å². The lowest BCUT2D eigenvalue weighted by molar-refractivity contribution is 0.0636. The first-order valence-electron chi connectivity index (χ1n) is 8.85. The fourth-order valence-electron chi connectivity index (χ4n) is 3.77. The second-order valence-electron chi connectivity index (χ2n) is 6.86. The summed E-state index contributed by atoms with van der Waals surface area (Å²) in [6, 6.07) is 0. The normalized spacial score (nSPS) is 34.3. The van der Waals surface area contributed by atoms with Gasteiger partial charge in [0.1, 0.15) is 0 Å². The summed E-state index contributed by atoms with van der Waals surface area (Å²) in [7, 11) is 1.84. The molecule has 2 aliphatic rings. The van der Waals surface area contributed by atoms with E-state index in [-0.39, 0.29) is 0 Å². The van der Waals surface area contributed by atoms with Crippen LogP contribution in [0, 0.1) is 29.6 Å². The third-order valence-electron chi connectivity index (χ3n) is 5.31. The molecule has 0 aliphatic heterocycles. The standard InChI is InChI=1S/C19H32O/c1-3-4-5-16-6-8-17(9-7-16)10-11-18-12-14-19(20-2)15-13-18/h16-19H,3-9,12-15H2,1-2H3. The number of ether oxygens (including phenoxy) is 1. The van der Waals surface area contributed by atoms with E-state index in [4.69, 9.17) is 4.74 Å². The third-order valence-corrected chi connectivity index (χ3v) is 5.31. The lowest BCUT2D eigenvalue weighted by Crippen LogP contribution is -2.19. The van der Waals surface area contributed by atoms with Crippen LogP contribution in [0.15, 0.2) is 0 Å². The SMILES string of the molecule is CCCCC1CCC(C#CC2CCC(OC)CC2)CC1. The second kappa shape index (κ2) is 8.73. The van der Waals surface area contributed by atoms with E-state index >= 15 is 0 Å². The molecule has 0 aromatic heterocycles. The molecule has 0 heterocycles. The molecule has 20 heavy (non-hydrogen) atoms. The smallest absolute Gasteiger partial charge is 0.0572 e. The van der Waals surface area contributed by atoms with Crippen LogP contribution in [0.3, 0.4) is 0 Å². The van der Waals surface area contributed by atoms with Gasteiger partial charge in [0.15, 0.2) is 0 Å². The molecule has 1 heteroatoms. The van der Waals surface area contributed by atoms with E-state index in [2.05, 4.69) is 18.8 Å². The van der Waals surface area contributed by atoms with Gasteiger partial charge in [-0.3, -0.25) is 0 Å². The van der Waals surface area contributed by atoms with Gasteiger partial charge in [0.2, 0.25) is 0 Å². The summed E-state index contributed by atoms with van der Waals surface area (Å²) in [4.78, 5) is 0. The summed E-state index contributed by atoms with van der Waals surface area (Å²) in [6.45, 7) is 2.30. The highest BCUT2D eigenvalue weighted by molar-refractivity contribution is 5.09. The van der Waals surface area contributed by atoms with Crippen LogP contribution in [-0.4, -0.2) is 13.2 Å². The minimum absolute atomic E-state index is 0.502. The first kappa shape index (κ1) is 15.9. The molecule has 0 aromatic rings. The topological polar surface area (TPSA) is 9.23 Å². The summed E-state index contributed by atoms with van der Waals surface area (Å²) in [5, 5.41) is 0. The van der Waals surface area contributed by atoms with E-state index in [1.165, 1.54) is 70.6 Å². The van der Waals surface area contributed by atoms with Crippen molar-refractivity contribution >= 4 is 0 Å². The monoisotopic (exact) mass is 276 g/mol. The minimum Gasteiger partial charge on any atom is -0.381 e. The zero-order chi connectivity index (χ0) is 14.2. The Balaban J connectivity index is 1.67. The molecule has 2 saturated carbocycles. The van der Waals surface area contributed by atoms with Gasteiger partial charge in [-0.25, -0.2) is 0 Å². The number of rotatable bonds is 4. The van der Waals surface area contributed by atoms with Crippen LogP contribution in [0.1, 0.15) is 77.6 Å². The Morgan fingerprint density at radius 3 is 1.90 bits per heavy atom. The molecule has 0 radical (unpaired) electrons. The van der Waals surface area contributed by atoms with E-state index in [0.29, 0.717) is 17.9 Å². The Kier molecular flexibility index (Phi) is 6.94. The van der Waals surface area contributed by atoms with Crippen molar-refractivity contribution < 1.29 is 4.74 Å². The fraction of sp³-hybridized carbons (Fsp3) is 0.895. The van der Waals surface area contributed by atoms with Crippen molar-refractivity contribution in [2.24, 2.45) is 17.8 Å². The molecular formula is C19H32O. The Morgan fingerprint density at radius 1 is 0.850 bits per heavy atom. The summed E-state index contributed by atoms with van der Waals surface area (Å²) >= 11 is 0. The van der Waals surface area contributed by atoms with Crippen LogP contribution >= 0.6 is 0 Å². The highest BCUT2D eigenvalue weighted by Gasteiger charge is 2.21. The van der Waals surface area contributed by atoms with Crippen LogP contribution in [0.25, 0.3) is 0 Å². The molecule has 0 amide bonds. The van der Waals surface area contributed by atoms with Gasteiger partial charge in [-0.2, -0.15) is 0 Å². The molecule has 0 spiro atoms. The lowest BCUT2D eigenvalue weighted by atomic mass is 9.79. The highest BCUT2D eigenvalue weighted by Crippen LogP contribution is 2.32. The van der Waals surface area contributed by atoms with Gasteiger partial charge in [-0.15, -0.1) is 0 Å². The lowest BCUT2D eigenvalue weighted by Gasteiger charge is -2.26. The van der Waals surface area contributed by atoms with Gasteiger partial charge in [0.05, 0.1) is 6.10 Å². The summed E-state index contributed by atoms with van der Waals surface area (Å²) in [5.74, 6) is 9.56. The molecule has 0 aromatic carbocycles. The Labute approximate surface area is 125 Å². The van der Waals surface area contributed by atoms with Crippen molar-refractivity contribution in [3.05, 3.63) is 0 Å². The highest BCUT2D eigenvalue weighted by atomic mass is 16.5. The summed E-state index contributed by atoms with van der Waals surface area (Å²) in [5.41, 5.74) is 0. The second-order valence-corrected chi connectivity index (χ2v) is 6.86. The van der Waals surface area contributed by atoms with Crippen molar-refractivity contribution in [2.75, 3.05) is 7.11 Å². The van der Waals surface area contributed by atoms with Crippen molar-refractivity contribution in [3.63, 3.8) is 0 Å². The van der Waals surface area contributed by atoms with Crippen LogP contribution in [0.4, 0.5) is 0 Å². The zero-order valence-electron chi connectivity index (χ0n) is 13.5. The van der Waals surface area contributed by atoms with E-state index < -0.39 is 0 Å². The summed E-state index contributed by atoms with van der Waals surface area (Å²) < 4.78 is 5.43. The van der Waals surface area contributed by atoms with Crippen LogP contribution in [0.5, 0.6) is 0 Å². The van der Waals surface area contributed by atoms with E-state index in [9.17, 15) is 0 Å². The average molecular weight is 276 g/mol. The molecule has 2 rings (SSSR count). The first-order chi connectivity index (χ1) is 9.81. The van der Waals surface area contributed by atoms with Crippen LogP contribution in [-0.2, 0) is 4.74 Å². The van der Waals surface area contributed by atoms with E-state index in [1.54, 1.807) is 0 Å². The maximum absolute atomic E-state index is 5.43. The minimum atomic E-state index is 0.502. The van der Waals surface area contributed by atoms with E-state index in [0.717, 1.165) is 5.92 Å². The number of hydrogen-bond donors (Lipinski definition) is 0. The van der Waals surface area contributed by atoms with Gasteiger partial charge < -0.3 is 4.74 Å². The van der Waals surface area contributed by atoms with E-state index in [1.807, 2.05) is 7.11 Å². The largest absolute Gasteiger partial charge is 0.381 e. The van der Waals surface area contributed by atoms with Crippen LogP contribution < -0.4 is 0 Å². The quantitative estimate of drug-likeness (QED) is 0.642. The number of methoxy groups -OCH3 is 1. The van der Waals surface area contributed by atoms with Gasteiger partial charge in [0, 0.05) is 18.9 Å². The first-order valence-corrected chi connectivity index (χ1v) is 8.85. The predicted octanol–water partition coefficient (Wildman–Crippen LogP) is 5.19.